The molecule has 0 radical (unpaired) electrons. The van der Waals surface area contributed by atoms with Crippen LogP contribution in [0.15, 0.2) is 4.99 Å². The van der Waals surface area contributed by atoms with Gasteiger partial charge in [0.15, 0.2) is 5.96 Å². The van der Waals surface area contributed by atoms with Crippen molar-refractivity contribution in [2.24, 2.45) is 12.0 Å². The average Bonchev–Trinajstić information content (AvgIpc) is 2.85. The zero-order chi connectivity index (χ0) is 19.4. The van der Waals surface area contributed by atoms with Crippen LogP contribution in [0.25, 0.3) is 0 Å². The molecule has 0 aliphatic rings. The van der Waals surface area contributed by atoms with Crippen LogP contribution in [0, 0.1) is 13.8 Å². The number of unbranched alkanes of at least 4 members (excludes halogenated alkanes) is 1. The van der Waals surface area contributed by atoms with Crippen LogP contribution in [-0.2, 0) is 22.9 Å². The Kier molecular flexibility index (Phi) is 11.0. The van der Waals surface area contributed by atoms with Gasteiger partial charge in [-0.05, 0) is 39.2 Å². The maximum absolute atomic E-state index is 5.56. The normalized spacial score (nSPS) is 13.1. The van der Waals surface area contributed by atoms with E-state index in [0.29, 0.717) is 26.4 Å². The fourth-order valence-corrected chi connectivity index (χ4v) is 2.71. The SMILES string of the molecule is CCCCOCCOCCNC(=NC)NC(C)Cc1c(C)nn(C)c1C. The fourth-order valence-electron chi connectivity index (χ4n) is 2.71. The van der Waals surface area contributed by atoms with E-state index < -0.39 is 0 Å². The van der Waals surface area contributed by atoms with E-state index in [1.807, 2.05) is 11.7 Å². The molecule has 0 fully saturated rings. The Hall–Kier alpha value is -1.60. The topological polar surface area (TPSA) is 72.7 Å². The third kappa shape index (κ3) is 8.19. The second-order valence-electron chi connectivity index (χ2n) is 6.60. The van der Waals surface area contributed by atoms with Crippen molar-refractivity contribution in [1.29, 1.82) is 0 Å². The second kappa shape index (κ2) is 12.7. The quantitative estimate of drug-likeness (QED) is 0.336. The number of hydrogen-bond acceptors (Lipinski definition) is 4. The zero-order valence-electron chi connectivity index (χ0n) is 17.4. The molecule has 2 N–H and O–H groups in total. The van der Waals surface area contributed by atoms with Crippen molar-refractivity contribution in [3.8, 4) is 0 Å². The van der Waals surface area contributed by atoms with Gasteiger partial charge in [-0.1, -0.05) is 13.3 Å². The highest BCUT2D eigenvalue weighted by Gasteiger charge is 2.13. The second-order valence-corrected chi connectivity index (χ2v) is 6.60. The van der Waals surface area contributed by atoms with E-state index in [1.54, 1.807) is 7.05 Å². The van der Waals surface area contributed by atoms with Crippen LogP contribution in [0.3, 0.4) is 0 Å². The minimum Gasteiger partial charge on any atom is -0.379 e. The van der Waals surface area contributed by atoms with Crippen LogP contribution in [0.5, 0.6) is 0 Å². The van der Waals surface area contributed by atoms with E-state index in [2.05, 4.69) is 48.4 Å². The smallest absolute Gasteiger partial charge is 0.191 e. The Morgan fingerprint density at radius 3 is 2.46 bits per heavy atom. The van der Waals surface area contributed by atoms with Gasteiger partial charge in [0, 0.05) is 39.0 Å². The lowest BCUT2D eigenvalue weighted by molar-refractivity contribution is 0.0487. The number of aromatic nitrogens is 2. The highest BCUT2D eigenvalue weighted by molar-refractivity contribution is 5.79. The molecule has 0 aromatic carbocycles. The van der Waals surface area contributed by atoms with Crippen LogP contribution >= 0.6 is 0 Å². The van der Waals surface area contributed by atoms with E-state index >= 15 is 0 Å². The minimum atomic E-state index is 0.260. The van der Waals surface area contributed by atoms with Gasteiger partial charge in [0.1, 0.15) is 0 Å². The molecule has 1 unspecified atom stereocenters. The van der Waals surface area contributed by atoms with E-state index in [1.165, 1.54) is 11.3 Å². The van der Waals surface area contributed by atoms with Crippen molar-refractivity contribution in [2.75, 3.05) is 40.0 Å². The number of hydrogen-bond donors (Lipinski definition) is 2. The van der Waals surface area contributed by atoms with Gasteiger partial charge in [-0.3, -0.25) is 9.67 Å². The lowest BCUT2D eigenvalue weighted by Gasteiger charge is -2.18. The minimum absolute atomic E-state index is 0.260. The number of aryl methyl sites for hydroxylation is 2. The molecule has 0 amide bonds. The number of nitrogens with zero attached hydrogens (tertiary/aromatic N) is 3. The third-order valence-electron chi connectivity index (χ3n) is 4.33. The Bertz CT molecular complexity index is 542. The van der Waals surface area contributed by atoms with E-state index in [4.69, 9.17) is 9.47 Å². The van der Waals surface area contributed by atoms with Gasteiger partial charge in [0.05, 0.1) is 25.5 Å². The molecule has 7 heteroatoms. The van der Waals surface area contributed by atoms with Gasteiger partial charge in [-0.25, -0.2) is 0 Å². The van der Waals surface area contributed by atoms with Gasteiger partial charge in [-0.2, -0.15) is 5.10 Å². The Balaban J connectivity index is 2.22. The van der Waals surface area contributed by atoms with Crippen LogP contribution in [0.1, 0.15) is 43.6 Å². The van der Waals surface area contributed by atoms with Crippen molar-refractivity contribution >= 4 is 5.96 Å². The Morgan fingerprint density at radius 2 is 1.88 bits per heavy atom. The number of guanidine groups is 1. The molecule has 0 bridgehead atoms. The standard InChI is InChI=1S/C19H37N5O2/c1-7-8-10-25-12-13-26-11-9-21-19(20-5)22-15(2)14-18-16(3)23-24(6)17(18)4/h15H,7-14H2,1-6H3,(H2,20,21,22). The third-order valence-corrected chi connectivity index (χ3v) is 4.33. The van der Waals surface area contributed by atoms with Gasteiger partial charge in [0.2, 0.25) is 0 Å². The first-order valence-electron chi connectivity index (χ1n) is 9.61. The van der Waals surface area contributed by atoms with Crippen molar-refractivity contribution in [1.82, 2.24) is 20.4 Å². The van der Waals surface area contributed by atoms with Crippen molar-refractivity contribution in [2.45, 2.75) is 53.0 Å². The van der Waals surface area contributed by atoms with Crippen LogP contribution in [0.2, 0.25) is 0 Å². The number of ether oxygens (including phenoxy) is 2. The molecule has 1 heterocycles. The maximum Gasteiger partial charge on any atom is 0.191 e. The summed E-state index contributed by atoms with van der Waals surface area (Å²) in [4.78, 5) is 4.28. The molecule has 26 heavy (non-hydrogen) atoms. The monoisotopic (exact) mass is 367 g/mol. The average molecular weight is 368 g/mol. The fraction of sp³-hybridized carbons (Fsp3) is 0.789. The van der Waals surface area contributed by atoms with Gasteiger partial charge in [-0.15, -0.1) is 0 Å². The number of aliphatic imine (C=N–C) groups is 1. The van der Waals surface area contributed by atoms with E-state index in [9.17, 15) is 0 Å². The molecule has 0 saturated heterocycles. The molecule has 1 rings (SSSR count). The van der Waals surface area contributed by atoms with Crippen LogP contribution in [-0.4, -0.2) is 61.8 Å². The van der Waals surface area contributed by atoms with Crippen molar-refractivity contribution in [3.63, 3.8) is 0 Å². The highest BCUT2D eigenvalue weighted by atomic mass is 16.5. The van der Waals surface area contributed by atoms with E-state index in [0.717, 1.165) is 37.5 Å². The Morgan fingerprint density at radius 1 is 1.19 bits per heavy atom. The van der Waals surface area contributed by atoms with Gasteiger partial charge in [0.25, 0.3) is 0 Å². The lowest BCUT2D eigenvalue weighted by atomic mass is 10.1. The van der Waals surface area contributed by atoms with Crippen LogP contribution in [0.4, 0.5) is 0 Å². The van der Waals surface area contributed by atoms with E-state index in [-0.39, 0.29) is 6.04 Å². The zero-order valence-corrected chi connectivity index (χ0v) is 17.4. The summed E-state index contributed by atoms with van der Waals surface area (Å²) in [5, 5.41) is 11.2. The van der Waals surface area contributed by atoms with Crippen molar-refractivity contribution in [3.05, 3.63) is 17.0 Å². The summed E-state index contributed by atoms with van der Waals surface area (Å²) in [5.74, 6) is 0.791. The predicted octanol–water partition coefficient (Wildman–Crippen LogP) is 1.97. The molecular weight excluding hydrogens is 330 g/mol. The Labute approximate surface area is 158 Å². The first-order valence-corrected chi connectivity index (χ1v) is 9.61. The predicted molar refractivity (Wildman–Crippen MR) is 107 cm³/mol. The number of rotatable bonds is 12. The molecule has 0 aliphatic heterocycles. The maximum atomic E-state index is 5.56. The summed E-state index contributed by atoms with van der Waals surface area (Å²) in [7, 11) is 3.77. The summed E-state index contributed by atoms with van der Waals surface area (Å²) in [6.45, 7) is 11.9. The van der Waals surface area contributed by atoms with Crippen LogP contribution < -0.4 is 10.6 Å². The summed E-state index contributed by atoms with van der Waals surface area (Å²) in [6.07, 6.45) is 3.19. The largest absolute Gasteiger partial charge is 0.379 e. The molecular formula is C19H37N5O2. The molecule has 0 aliphatic carbocycles. The summed E-state index contributed by atoms with van der Waals surface area (Å²) >= 11 is 0. The molecule has 150 valence electrons. The molecule has 1 aromatic rings. The summed E-state index contributed by atoms with van der Waals surface area (Å²) < 4.78 is 13.0. The molecule has 1 aromatic heterocycles. The number of nitrogens with one attached hydrogen (secondary N) is 2. The van der Waals surface area contributed by atoms with Crippen molar-refractivity contribution < 1.29 is 9.47 Å². The summed E-state index contributed by atoms with van der Waals surface area (Å²) in [6, 6.07) is 0.260. The highest BCUT2D eigenvalue weighted by Crippen LogP contribution is 2.14. The van der Waals surface area contributed by atoms with Gasteiger partial charge < -0.3 is 20.1 Å². The molecule has 1 atom stereocenters. The molecule has 0 spiro atoms. The lowest BCUT2D eigenvalue weighted by Crippen LogP contribution is -2.44. The summed E-state index contributed by atoms with van der Waals surface area (Å²) in [5.41, 5.74) is 3.61. The molecule has 0 saturated carbocycles. The first-order chi connectivity index (χ1) is 12.5. The molecule has 7 nitrogen and oxygen atoms in total. The van der Waals surface area contributed by atoms with Gasteiger partial charge >= 0.3 is 0 Å². The first kappa shape index (κ1) is 22.4.